The minimum atomic E-state index is -2.01. The molecule has 24 heteroatoms. The van der Waals surface area contributed by atoms with Gasteiger partial charge in [-0.25, -0.2) is 14.2 Å². The summed E-state index contributed by atoms with van der Waals surface area (Å²) in [5.41, 5.74) is 2.10. The number of nitrogens with one attached hydrogen (secondary N) is 4. The first-order valence-electron chi connectivity index (χ1n) is 27.3. The SMILES string of the molecule is CCCN(CCC)CCCC[C@H](NC(=O)[C@@H](NC(=O)CCCCCn1cc(-c2cnc([S-])nc2)nn1)C(C)C)C(=O)NCC(=O)NCOC/C=C/c1c2c(nc3cc(F)c(C)cc13)-c1cc3c(c(=O)n1C2)COC(=O)[C@]3(O)CC.[Tb]. The van der Waals surface area contributed by atoms with E-state index in [9.17, 15) is 38.3 Å². The Hall–Kier alpha value is -5.79. The monoisotopic (exact) mass is 1270 g/mol. The molecule has 4 aromatic heterocycles. The topological polar surface area (TPSA) is 267 Å². The molecule has 0 bridgehead atoms. The standard InChI is InChI=1S/C56H73FN12O9S.Tb/c1-7-19-67(20-8-2)21-14-12-17-43(63-52(73)49(34(4)5)64-47(70)18-11-10-13-22-68-31-45(65-66-68)36-27-59-55(79)60-28-36)51(72)58-29-48(71)61-33-77-23-15-16-37-38-24-35(6)42(57)26-44(38)62-50-39(37)30-69-46(50)25-41-40(53(69)74)32-78-54(75)56(41,76)9-3;/h15-16,24-28,31,34,43,49,76H,7-14,17-23,29-30,32-33H2,1-6H3,(H,58,72)(H,61,71)(H,63,73)(H,64,70)(H,59,60,79);/p-1/b16-15+;/t43-,49-,56-;/m0./s1. The average molecular weight is 1270 g/mol. The van der Waals surface area contributed by atoms with Crippen molar-refractivity contribution >= 4 is 59.2 Å². The second kappa shape index (κ2) is 29.8. The van der Waals surface area contributed by atoms with E-state index in [1.165, 1.54) is 10.6 Å². The molecule has 5 aromatic rings. The zero-order valence-corrected chi connectivity index (χ0v) is 49.2. The number of cyclic esters (lactones) is 1. The van der Waals surface area contributed by atoms with E-state index in [0.717, 1.165) is 51.7 Å². The second-order valence-corrected chi connectivity index (χ2v) is 20.8. The molecule has 0 fully saturated rings. The number of aryl methyl sites for hydroxylation is 2. The molecule has 1 aromatic carbocycles. The molecule has 2 aliphatic heterocycles. The van der Waals surface area contributed by atoms with Gasteiger partial charge in [0.25, 0.3) is 5.56 Å². The maximum absolute atomic E-state index is 15.0. The number of pyridine rings is 2. The first-order valence-corrected chi connectivity index (χ1v) is 27.7. The van der Waals surface area contributed by atoms with Gasteiger partial charge in [-0.1, -0.05) is 58.4 Å². The molecule has 6 heterocycles. The van der Waals surface area contributed by atoms with E-state index in [0.29, 0.717) is 76.0 Å². The summed E-state index contributed by atoms with van der Waals surface area (Å²) in [7, 11) is 0. The van der Waals surface area contributed by atoms with Gasteiger partial charge in [-0.2, -0.15) is 0 Å². The number of carbonyl (C=O) groups is 5. The number of unbranched alkanes of at least 4 members (excludes halogenated alkanes) is 3. The number of hydrogen-bond donors (Lipinski definition) is 5. The average Bonchev–Trinajstić information content (AvgIpc) is 4.23. The molecule has 0 unspecified atom stereocenters. The van der Waals surface area contributed by atoms with E-state index >= 15 is 0 Å². The normalized spacial score (nSPS) is 15.2. The van der Waals surface area contributed by atoms with E-state index in [-0.39, 0.29) is 106 Å². The van der Waals surface area contributed by atoms with Crippen LogP contribution in [-0.2, 0) is 71.4 Å². The zero-order valence-electron chi connectivity index (χ0n) is 46.2. The molecule has 0 saturated carbocycles. The Bertz CT molecular complexity index is 3100. The van der Waals surface area contributed by atoms with Crippen molar-refractivity contribution in [3.63, 3.8) is 0 Å². The van der Waals surface area contributed by atoms with Gasteiger partial charge >= 0.3 is 5.97 Å². The Kier molecular flexibility index (Phi) is 23.6. The van der Waals surface area contributed by atoms with Crippen LogP contribution in [0.1, 0.15) is 127 Å². The number of fused-ring (bicyclic) bond motifs is 5. The van der Waals surface area contributed by atoms with Crippen LogP contribution in [-0.4, -0.2) is 126 Å². The molecule has 7 rings (SSSR count). The van der Waals surface area contributed by atoms with Gasteiger partial charge in [0, 0.05) is 97.3 Å². The molecule has 0 saturated heterocycles. The summed E-state index contributed by atoms with van der Waals surface area (Å²) in [5.74, 6) is -3.44. The molecule has 0 spiro atoms. The number of hydrogen-bond acceptors (Lipinski definition) is 16. The molecule has 3 atom stereocenters. The summed E-state index contributed by atoms with van der Waals surface area (Å²) in [6.45, 7) is 13.8. The maximum Gasteiger partial charge on any atom is 0.343 e. The number of esters is 1. The van der Waals surface area contributed by atoms with Crippen molar-refractivity contribution in [2.45, 2.75) is 148 Å². The van der Waals surface area contributed by atoms with Crippen LogP contribution >= 0.6 is 0 Å². The number of carbonyl (C=O) groups excluding carboxylic acids is 5. The summed E-state index contributed by atoms with van der Waals surface area (Å²) in [5, 5.41) is 31.6. The van der Waals surface area contributed by atoms with Gasteiger partial charge in [-0.05, 0) is 107 Å². The van der Waals surface area contributed by atoms with Crippen LogP contribution < -0.4 is 26.8 Å². The number of benzene rings is 1. The Labute approximate surface area is 501 Å². The van der Waals surface area contributed by atoms with Crippen molar-refractivity contribution in [1.82, 2.24) is 60.7 Å². The summed E-state index contributed by atoms with van der Waals surface area (Å²) in [4.78, 5) is 95.6. The van der Waals surface area contributed by atoms with E-state index in [2.05, 4.69) is 60.3 Å². The number of nitrogens with zero attached hydrogens (tertiary/aromatic N) is 8. The Morgan fingerprint density at radius 2 is 1.70 bits per heavy atom. The summed E-state index contributed by atoms with van der Waals surface area (Å²) < 4.78 is 29.2. The molecule has 21 nitrogen and oxygen atoms in total. The van der Waals surface area contributed by atoms with E-state index < -0.39 is 59.3 Å². The first-order chi connectivity index (χ1) is 38.0. The summed E-state index contributed by atoms with van der Waals surface area (Å²) >= 11 is 4.96. The van der Waals surface area contributed by atoms with Crippen LogP contribution in [0.25, 0.3) is 39.6 Å². The van der Waals surface area contributed by atoms with Gasteiger partial charge in [0.2, 0.25) is 23.6 Å². The fraction of sp³-hybridized carbons (Fsp3) is 0.518. The number of aliphatic hydroxyl groups is 1. The molecule has 4 amide bonds. The van der Waals surface area contributed by atoms with Gasteiger partial charge in [0.1, 0.15) is 36.9 Å². The Morgan fingerprint density at radius 1 is 0.950 bits per heavy atom. The van der Waals surface area contributed by atoms with Crippen molar-refractivity contribution in [3.05, 3.63) is 86.9 Å². The Morgan fingerprint density at radius 3 is 2.41 bits per heavy atom. The van der Waals surface area contributed by atoms with Crippen molar-refractivity contribution in [3.8, 4) is 22.6 Å². The Balaban J connectivity index is 0.0000103. The largest absolute Gasteiger partial charge is 0.740 e. The number of amides is 4. The molecule has 2 aliphatic rings. The van der Waals surface area contributed by atoms with Crippen LogP contribution in [0.5, 0.6) is 0 Å². The van der Waals surface area contributed by atoms with Crippen LogP contribution in [0.4, 0.5) is 4.39 Å². The van der Waals surface area contributed by atoms with Crippen LogP contribution in [0, 0.1) is 57.3 Å². The van der Waals surface area contributed by atoms with Crippen LogP contribution in [0.3, 0.4) is 0 Å². The number of aromatic nitrogens is 7. The van der Waals surface area contributed by atoms with E-state index in [1.807, 2.05) is 13.8 Å². The van der Waals surface area contributed by atoms with Crippen LogP contribution in [0.15, 0.2) is 52.8 Å². The number of ether oxygens (including phenoxy) is 2. The molecule has 1 radical (unpaired) electrons. The van der Waals surface area contributed by atoms with Gasteiger partial charge in [-0.3, -0.25) is 38.6 Å². The smallest absolute Gasteiger partial charge is 0.343 e. The quantitative estimate of drug-likeness (QED) is 0.0138. The molecular formula is C56H72FN12O9STb-. The predicted octanol–water partition coefficient (Wildman–Crippen LogP) is 4.88. The van der Waals surface area contributed by atoms with Crippen molar-refractivity contribution in [2.24, 2.45) is 5.92 Å². The fourth-order valence-electron chi connectivity index (χ4n) is 9.90. The third-order valence-electron chi connectivity index (χ3n) is 14.3. The van der Waals surface area contributed by atoms with Crippen molar-refractivity contribution in [2.75, 3.05) is 39.5 Å². The fourth-order valence-corrected chi connectivity index (χ4v) is 10.0. The third kappa shape index (κ3) is 15.8. The summed E-state index contributed by atoms with van der Waals surface area (Å²) in [6, 6.07) is 2.73. The molecule has 80 heavy (non-hydrogen) atoms. The minimum absolute atomic E-state index is 0. The second-order valence-electron chi connectivity index (χ2n) is 20.4. The maximum atomic E-state index is 15.0. The molecule has 5 N–H and O–H groups in total. The predicted molar refractivity (Wildman–Crippen MR) is 295 cm³/mol. The molecular weight excluding hydrogens is 1190 g/mol. The van der Waals surface area contributed by atoms with Gasteiger partial charge in [0.15, 0.2) is 5.60 Å². The molecule has 0 aliphatic carbocycles. The third-order valence-corrected chi connectivity index (χ3v) is 14.5. The molecule has 433 valence electrons. The number of halogens is 1. The number of rotatable bonds is 29. The van der Waals surface area contributed by atoms with E-state index in [4.69, 9.17) is 27.1 Å². The first kappa shape index (κ1) is 63.4. The summed E-state index contributed by atoms with van der Waals surface area (Å²) in [6.07, 6.45) is 14.5. The van der Waals surface area contributed by atoms with Gasteiger partial charge in [0.05, 0.1) is 48.4 Å². The van der Waals surface area contributed by atoms with Crippen molar-refractivity contribution < 1.29 is 81.6 Å². The minimum Gasteiger partial charge on any atom is -0.740 e. The zero-order chi connectivity index (χ0) is 56.8. The van der Waals surface area contributed by atoms with Crippen LogP contribution in [0.2, 0.25) is 0 Å². The van der Waals surface area contributed by atoms with Gasteiger partial charge in [-0.15, -0.1) is 5.10 Å². The van der Waals surface area contributed by atoms with Gasteiger partial charge < -0.3 is 57.9 Å². The van der Waals surface area contributed by atoms with E-state index in [1.54, 1.807) is 61.4 Å². The van der Waals surface area contributed by atoms with Crippen molar-refractivity contribution in [1.29, 1.82) is 0 Å².